The van der Waals surface area contributed by atoms with E-state index in [0.29, 0.717) is 6.61 Å². The first-order valence-electron chi connectivity index (χ1n) is 3.37. The number of hydrogen-bond donors (Lipinski definition) is 3. The van der Waals surface area contributed by atoms with E-state index in [2.05, 4.69) is 0 Å². The Morgan fingerprint density at radius 2 is 1.75 bits per heavy atom. The predicted octanol–water partition coefficient (Wildman–Crippen LogP) is 0.0120. The maximum Gasteiger partial charge on any atom is 0.314 e. The molecule has 6 heteroatoms. The summed E-state index contributed by atoms with van der Waals surface area (Å²) in [4.78, 5) is 14.3. The van der Waals surface area contributed by atoms with Gasteiger partial charge in [-0.2, -0.15) is 0 Å². The molecule has 0 amide bonds. The Morgan fingerprint density at radius 1 is 1.42 bits per heavy atom. The van der Waals surface area contributed by atoms with Crippen LogP contribution in [0.1, 0.15) is 13.8 Å². The Balaban J connectivity index is 0. The first kappa shape index (κ1) is 14.6. The Bertz CT molecular complexity index is 121. The van der Waals surface area contributed by atoms with Gasteiger partial charge in [0.25, 0.3) is 0 Å². The van der Waals surface area contributed by atoms with E-state index in [9.17, 15) is 0 Å². The predicted molar refractivity (Wildman–Crippen MR) is 46.2 cm³/mol. The van der Waals surface area contributed by atoms with Crippen LogP contribution in [0.2, 0.25) is 0 Å². The molecule has 0 aromatic carbocycles. The van der Waals surface area contributed by atoms with Crippen LogP contribution in [0, 0.1) is 5.41 Å². The SMILES string of the molecule is COCC(C)(C)CO.O=[PH](O)O. The molecular weight excluding hydrogens is 183 g/mol. The van der Waals surface area contributed by atoms with Gasteiger partial charge in [-0.1, -0.05) is 13.8 Å². The van der Waals surface area contributed by atoms with Crippen molar-refractivity contribution in [1.29, 1.82) is 0 Å². The number of aliphatic hydroxyl groups excluding tert-OH is 1. The van der Waals surface area contributed by atoms with E-state index in [0.717, 1.165) is 0 Å². The van der Waals surface area contributed by atoms with Crippen LogP contribution < -0.4 is 0 Å². The van der Waals surface area contributed by atoms with Gasteiger partial charge in [0.15, 0.2) is 0 Å². The zero-order valence-electron chi connectivity index (χ0n) is 7.57. The maximum atomic E-state index is 8.74. The van der Waals surface area contributed by atoms with Crippen molar-refractivity contribution in [3.05, 3.63) is 0 Å². The standard InChI is InChI=1S/C6H14O2.H3O3P/c1-6(2,4-7)5-8-3;1-4(2)3/h7H,4-5H2,1-3H3;4H,(H2,1,2,3). The van der Waals surface area contributed by atoms with Crippen molar-refractivity contribution in [3.63, 3.8) is 0 Å². The Kier molecular flexibility index (Phi) is 9.37. The molecule has 0 heterocycles. The van der Waals surface area contributed by atoms with E-state index >= 15 is 0 Å². The van der Waals surface area contributed by atoms with Crippen molar-refractivity contribution in [2.75, 3.05) is 20.3 Å². The van der Waals surface area contributed by atoms with E-state index in [1.165, 1.54) is 0 Å². The fourth-order valence-electron chi connectivity index (χ4n) is 0.436. The fourth-order valence-corrected chi connectivity index (χ4v) is 0.436. The lowest BCUT2D eigenvalue weighted by atomic mass is 9.97. The lowest BCUT2D eigenvalue weighted by molar-refractivity contribution is 0.0556. The second kappa shape index (κ2) is 7.71. The van der Waals surface area contributed by atoms with E-state index in [1.54, 1.807) is 7.11 Å². The van der Waals surface area contributed by atoms with Crippen LogP contribution in [0.25, 0.3) is 0 Å². The van der Waals surface area contributed by atoms with Crippen molar-refractivity contribution in [2.45, 2.75) is 13.8 Å². The second-order valence-corrected chi connectivity index (χ2v) is 3.60. The Morgan fingerprint density at radius 3 is 1.83 bits per heavy atom. The number of hydrogen-bond acceptors (Lipinski definition) is 3. The van der Waals surface area contributed by atoms with Gasteiger partial charge in [-0.15, -0.1) is 0 Å². The molecule has 12 heavy (non-hydrogen) atoms. The first-order chi connectivity index (χ1) is 5.35. The highest BCUT2D eigenvalue weighted by atomic mass is 31.1. The normalized spacial score (nSPS) is 10.9. The molecule has 0 radical (unpaired) electrons. The van der Waals surface area contributed by atoms with Crippen molar-refractivity contribution in [2.24, 2.45) is 5.41 Å². The molecule has 0 aliphatic heterocycles. The summed E-state index contributed by atoms with van der Waals surface area (Å²) in [6.45, 7) is 4.71. The number of methoxy groups -OCH3 is 1. The summed E-state index contributed by atoms with van der Waals surface area (Å²) >= 11 is 0. The van der Waals surface area contributed by atoms with Gasteiger partial charge >= 0.3 is 8.25 Å². The molecule has 0 saturated carbocycles. The highest BCUT2D eigenvalue weighted by molar-refractivity contribution is 7.30. The molecule has 0 aliphatic carbocycles. The Hall–Kier alpha value is 0.0700. The highest BCUT2D eigenvalue weighted by Gasteiger charge is 2.14. The van der Waals surface area contributed by atoms with Crippen LogP contribution in [0.5, 0.6) is 0 Å². The van der Waals surface area contributed by atoms with Crippen LogP contribution >= 0.6 is 8.25 Å². The molecular formula is C6H17O5P. The summed E-state index contributed by atoms with van der Waals surface area (Å²) in [6, 6.07) is 0. The molecule has 0 aliphatic rings. The summed E-state index contributed by atoms with van der Waals surface area (Å²) in [5.74, 6) is 0. The third kappa shape index (κ3) is 16.6. The van der Waals surface area contributed by atoms with Crippen LogP contribution in [0.3, 0.4) is 0 Å². The van der Waals surface area contributed by atoms with Crippen LogP contribution in [-0.2, 0) is 9.30 Å². The topological polar surface area (TPSA) is 87.0 Å². The highest BCUT2D eigenvalue weighted by Crippen LogP contribution is 2.12. The molecule has 0 unspecified atom stereocenters. The molecule has 0 fully saturated rings. The van der Waals surface area contributed by atoms with E-state index in [4.69, 9.17) is 24.2 Å². The Labute approximate surface area is 72.9 Å². The van der Waals surface area contributed by atoms with Crippen LogP contribution in [-0.4, -0.2) is 35.2 Å². The summed E-state index contributed by atoms with van der Waals surface area (Å²) < 4.78 is 13.6. The number of rotatable bonds is 3. The van der Waals surface area contributed by atoms with Gasteiger partial charge in [-0.3, -0.25) is 4.57 Å². The minimum Gasteiger partial charge on any atom is -0.396 e. The quantitative estimate of drug-likeness (QED) is 0.559. The second-order valence-electron chi connectivity index (χ2n) is 3.04. The van der Waals surface area contributed by atoms with Gasteiger partial charge in [-0.05, 0) is 0 Å². The lowest BCUT2D eigenvalue weighted by Crippen LogP contribution is -2.22. The third-order valence-electron chi connectivity index (χ3n) is 0.963. The third-order valence-corrected chi connectivity index (χ3v) is 0.963. The maximum absolute atomic E-state index is 8.74. The molecule has 0 bridgehead atoms. The van der Waals surface area contributed by atoms with Crippen molar-refractivity contribution in [3.8, 4) is 0 Å². The average Bonchev–Trinajstić information content (AvgIpc) is 1.86. The molecule has 0 saturated heterocycles. The molecule has 5 nitrogen and oxygen atoms in total. The zero-order valence-corrected chi connectivity index (χ0v) is 8.57. The smallest absolute Gasteiger partial charge is 0.314 e. The van der Waals surface area contributed by atoms with Gasteiger partial charge in [0.1, 0.15) is 0 Å². The van der Waals surface area contributed by atoms with Gasteiger partial charge < -0.3 is 19.6 Å². The van der Waals surface area contributed by atoms with E-state index < -0.39 is 8.25 Å². The molecule has 3 N–H and O–H groups in total. The molecule has 0 spiro atoms. The van der Waals surface area contributed by atoms with E-state index in [-0.39, 0.29) is 12.0 Å². The summed E-state index contributed by atoms with van der Waals surface area (Å²) in [7, 11) is -1.49. The van der Waals surface area contributed by atoms with Crippen molar-refractivity contribution < 1.29 is 24.2 Å². The lowest BCUT2D eigenvalue weighted by Gasteiger charge is -2.19. The minimum atomic E-state index is -3.13. The summed E-state index contributed by atoms with van der Waals surface area (Å²) in [5, 5.41) is 8.65. The minimum absolute atomic E-state index is 0.0747. The van der Waals surface area contributed by atoms with Gasteiger partial charge in [0.2, 0.25) is 0 Å². The molecule has 76 valence electrons. The molecule has 0 atom stereocenters. The number of ether oxygens (including phenoxy) is 1. The van der Waals surface area contributed by atoms with Crippen molar-refractivity contribution in [1.82, 2.24) is 0 Å². The molecule has 0 aromatic rings. The number of aliphatic hydroxyl groups is 1. The first-order valence-corrected chi connectivity index (χ1v) is 4.67. The summed E-state index contributed by atoms with van der Waals surface area (Å²) in [5.41, 5.74) is -0.0747. The van der Waals surface area contributed by atoms with Gasteiger partial charge in [-0.25, -0.2) is 0 Å². The van der Waals surface area contributed by atoms with Gasteiger partial charge in [0.05, 0.1) is 13.2 Å². The van der Waals surface area contributed by atoms with Crippen molar-refractivity contribution >= 4 is 8.25 Å². The van der Waals surface area contributed by atoms with Crippen LogP contribution in [0.15, 0.2) is 0 Å². The van der Waals surface area contributed by atoms with Gasteiger partial charge in [0, 0.05) is 12.5 Å². The fraction of sp³-hybridized carbons (Fsp3) is 1.00. The zero-order chi connectivity index (χ0) is 10.2. The molecule has 0 rings (SSSR count). The average molecular weight is 200 g/mol. The summed E-state index contributed by atoms with van der Waals surface area (Å²) in [6.07, 6.45) is 0. The van der Waals surface area contributed by atoms with Crippen LogP contribution in [0.4, 0.5) is 0 Å². The monoisotopic (exact) mass is 200 g/mol. The van der Waals surface area contributed by atoms with E-state index in [1.807, 2.05) is 13.8 Å². The molecule has 0 aromatic heterocycles. The largest absolute Gasteiger partial charge is 0.396 e.